The Balaban J connectivity index is 1.68. The molecule has 10 heteroatoms. The molecule has 0 atom stereocenters. The Morgan fingerprint density at radius 3 is 2.26 bits per heavy atom. The second-order valence-corrected chi connectivity index (χ2v) is 10.3. The molecule has 34 heavy (non-hydrogen) atoms. The summed E-state index contributed by atoms with van der Waals surface area (Å²) in [6.45, 7) is 6.04. The van der Waals surface area contributed by atoms with E-state index < -0.39 is 16.0 Å². The Kier molecular flexibility index (Phi) is 8.04. The zero-order valence-corrected chi connectivity index (χ0v) is 21.2. The Bertz CT molecular complexity index is 1150. The predicted molar refractivity (Wildman–Crippen MR) is 127 cm³/mol. The zero-order chi connectivity index (χ0) is 25.0. The number of carbonyl (C=O) groups is 2. The van der Waals surface area contributed by atoms with Gasteiger partial charge in [0, 0.05) is 44.0 Å². The number of sulfonamides is 1. The van der Waals surface area contributed by atoms with E-state index in [1.165, 1.54) is 4.31 Å². The monoisotopic (exact) mass is 491 g/mol. The smallest absolute Gasteiger partial charge is 0.341 e. The number of nitrogens with one attached hydrogen (secondary N) is 1. The normalized spacial score (nSPS) is 15.2. The number of hydrogen-bond acceptors (Lipinski definition) is 6. The number of hydrogen-bond donors (Lipinski definition) is 1. The summed E-state index contributed by atoms with van der Waals surface area (Å²) >= 11 is 0. The minimum atomic E-state index is -3.93. The van der Waals surface area contributed by atoms with Gasteiger partial charge in [0.05, 0.1) is 13.7 Å². The van der Waals surface area contributed by atoms with Gasteiger partial charge in [-0.1, -0.05) is 12.1 Å². The molecule has 0 spiro atoms. The summed E-state index contributed by atoms with van der Waals surface area (Å²) in [6.07, 6.45) is 0.820. The van der Waals surface area contributed by atoms with Crippen molar-refractivity contribution in [1.29, 1.82) is 0 Å². The molecule has 1 aliphatic rings. The number of benzene rings is 1. The van der Waals surface area contributed by atoms with Crippen molar-refractivity contribution in [1.82, 2.24) is 14.2 Å². The first-order chi connectivity index (χ1) is 16.1. The summed E-state index contributed by atoms with van der Waals surface area (Å²) < 4.78 is 40.4. The highest BCUT2D eigenvalue weighted by atomic mass is 32.2. The zero-order valence-electron chi connectivity index (χ0n) is 20.4. The average Bonchev–Trinajstić information content (AvgIpc) is 3.07. The lowest BCUT2D eigenvalue weighted by Crippen LogP contribution is -2.43. The molecule has 2 aromatic rings. The van der Waals surface area contributed by atoms with Gasteiger partial charge in [-0.05, 0) is 51.3 Å². The van der Waals surface area contributed by atoms with Crippen molar-refractivity contribution in [3.63, 3.8) is 0 Å². The lowest BCUT2D eigenvalue weighted by atomic mass is 9.97. The van der Waals surface area contributed by atoms with Crippen molar-refractivity contribution < 1.29 is 27.5 Å². The average molecular weight is 492 g/mol. The number of carbonyl (C=O) groups excluding carboxylic acids is 2. The van der Waals surface area contributed by atoms with Crippen LogP contribution in [0.3, 0.4) is 0 Å². The maximum Gasteiger partial charge on any atom is 0.341 e. The summed E-state index contributed by atoms with van der Waals surface area (Å²) in [7, 11) is -0.605. The molecule has 2 heterocycles. The number of amides is 1. The van der Waals surface area contributed by atoms with Gasteiger partial charge in [-0.2, -0.15) is 4.31 Å². The van der Waals surface area contributed by atoms with Gasteiger partial charge < -0.3 is 19.4 Å². The number of aromatic nitrogens is 1. The van der Waals surface area contributed by atoms with E-state index in [4.69, 9.17) is 9.47 Å². The Hall–Kier alpha value is -2.85. The van der Waals surface area contributed by atoms with Gasteiger partial charge in [-0.15, -0.1) is 0 Å². The van der Waals surface area contributed by atoms with Gasteiger partial charge >= 0.3 is 5.97 Å². The Morgan fingerprint density at radius 1 is 1.09 bits per heavy atom. The lowest BCUT2D eigenvalue weighted by molar-refractivity contribution is -0.126. The van der Waals surface area contributed by atoms with Crippen molar-refractivity contribution in [3.8, 4) is 5.75 Å². The standard InChI is InChI=1S/C24H33N3O6S/c1-6-33-24(29)21-16(2)26(4)17(3)22(21)34(30,31)27-13-11-19(12-14-27)23(28)25-15-18-7-9-20(32-5)10-8-18/h7-10,19H,6,11-15H2,1-5H3,(H,25,28). The van der Waals surface area contributed by atoms with E-state index in [0.29, 0.717) is 30.8 Å². The van der Waals surface area contributed by atoms with Crippen LogP contribution < -0.4 is 10.1 Å². The molecule has 1 N–H and O–H groups in total. The van der Waals surface area contributed by atoms with Crippen LogP contribution in [0.4, 0.5) is 0 Å². The van der Waals surface area contributed by atoms with Crippen LogP contribution in [0, 0.1) is 19.8 Å². The van der Waals surface area contributed by atoms with Crippen molar-refractivity contribution in [3.05, 3.63) is 46.8 Å². The molecule has 1 amide bonds. The van der Waals surface area contributed by atoms with Gasteiger partial charge in [0.25, 0.3) is 0 Å². The lowest BCUT2D eigenvalue weighted by Gasteiger charge is -2.30. The summed E-state index contributed by atoms with van der Waals surface area (Å²) in [6, 6.07) is 7.45. The first-order valence-electron chi connectivity index (χ1n) is 11.4. The molecule has 1 aliphatic heterocycles. The third-order valence-electron chi connectivity index (χ3n) is 6.45. The quantitative estimate of drug-likeness (QED) is 0.569. The minimum Gasteiger partial charge on any atom is -0.497 e. The summed E-state index contributed by atoms with van der Waals surface area (Å²) in [5.74, 6) is -0.256. The number of piperidine rings is 1. The van der Waals surface area contributed by atoms with E-state index in [1.807, 2.05) is 24.3 Å². The number of ether oxygens (including phenoxy) is 2. The van der Waals surface area contributed by atoms with Gasteiger partial charge in [0.2, 0.25) is 15.9 Å². The minimum absolute atomic E-state index is 0.00615. The van der Waals surface area contributed by atoms with E-state index in [0.717, 1.165) is 11.3 Å². The van der Waals surface area contributed by atoms with E-state index in [2.05, 4.69) is 5.32 Å². The molecule has 1 aromatic heterocycles. The fourth-order valence-electron chi connectivity index (χ4n) is 4.24. The number of esters is 1. The summed E-state index contributed by atoms with van der Waals surface area (Å²) in [5, 5.41) is 2.94. The highest BCUT2D eigenvalue weighted by molar-refractivity contribution is 7.89. The molecule has 186 valence electrons. The first-order valence-corrected chi connectivity index (χ1v) is 12.8. The van der Waals surface area contributed by atoms with Crippen LogP contribution >= 0.6 is 0 Å². The largest absolute Gasteiger partial charge is 0.497 e. The second kappa shape index (κ2) is 10.6. The maximum atomic E-state index is 13.5. The highest BCUT2D eigenvalue weighted by Crippen LogP contribution is 2.32. The van der Waals surface area contributed by atoms with Crippen molar-refractivity contribution in [2.45, 2.75) is 45.1 Å². The van der Waals surface area contributed by atoms with Gasteiger partial charge in [0.1, 0.15) is 16.2 Å². The van der Waals surface area contributed by atoms with Gasteiger partial charge in [-0.3, -0.25) is 4.79 Å². The molecule has 9 nitrogen and oxygen atoms in total. The van der Waals surface area contributed by atoms with Crippen LogP contribution in [0.15, 0.2) is 29.2 Å². The SMILES string of the molecule is CCOC(=O)c1c(S(=O)(=O)N2CCC(C(=O)NCc3ccc(OC)cc3)CC2)c(C)n(C)c1C. The molecule has 1 saturated heterocycles. The molecule has 0 unspecified atom stereocenters. The number of nitrogens with zero attached hydrogens (tertiary/aromatic N) is 2. The molecule has 0 saturated carbocycles. The van der Waals surface area contributed by atoms with Gasteiger partial charge in [0.15, 0.2) is 0 Å². The van der Waals surface area contributed by atoms with Crippen LogP contribution in [0.1, 0.15) is 47.1 Å². The number of methoxy groups -OCH3 is 1. The molecule has 3 rings (SSSR count). The second-order valence-electron chi connectivity index (χ2n) is 8.40. The van der Waals surface area contributed by atoms with E-state index in [-0.39, 0.29) is 42.0 Å². The maximum absolute atomic E-state index is 13.5. The molecule has 0 bridgehead atoms. The van der Waals surface area contributed by atoms with E-state index in [1.54, 1.807) is 39.5 Å². The third kappa shape index (κ3) is 5.12. The van der Waals surface area contributed by atoms with Crippen LogP contribution in [-0.4, -0.2) is 56.0 Å². The molecule has 1 aromatic carbocycles. The van der Waals surface area contributed by atoms with Crippen LogP contribution in [0.25, 0.3) is 0 Å². The van der Waals surface area contributed by atoms with Crippen LogP contribution in [0.2, 0.25) is 0 Å². The summed E-state index contributed by atoms with van der Waals surface area (Å²) in [4.78, 5) is 25.2. The number of rotatable bonds is 8. The van der Waals surface area contributed by atoms with E-state index >= 15 is 0 Å². The first kappa shape index (κ1) is 25.8. The summed E-state index contributed by atoms with van der Waals surface area (Å²) in [5.41, 5.74) is 2.07. The highest BCUT2D eigenvalue weighted by Gasteiger charge is 2.38. The molecule has 1 fully saturated rings. The van der Waals surface area contributed by atoms with Crippen molar-refractivity contribution in [2.24, 2.45) is 13.0 Å². The fourth-order valence-corrected chi connectivity index (χ4v) is 6.19. The van der Waals surface area contributed by atoms with Crippen LogP contribution in [0.5, 0.6) is 5.75 Å². The van der Waals surface area contributed by atoms with Crippen molar-refractivity contribution in [2.75, 3.05) is 26.8 Å². The third-order valence-corrected chi connectivity index (χ3v) is 8.51. The molecular formula is C24H33N3O6S. The molecule has 0 aliphatic carbocycles. The fraction of sp³-hybridized carbons (Fsp3) is 0.500. The van der Waals surface area contributed by atoms with Crippen molar-refractivity contribution >= 4 is 21.9 Å². The van der Waals surface area contributed by atoms with E-state index in [9.17, 15) is 18.0 Å². The molecule has 0 radical (unpaired) electrons. The topological polar surface area (TPSA) is 107 Å². The predicted octanol–water partition coefficient (Wildman–Crippen LogP) is 2.54. The molecular weight excluding hydrogens is 458 g/mol. The van der Waals surface area contributed by atoms with Crippen LogP contribution in [-0.2, 0) is 33.1 Å². The van der Waals surface area contributed by atoms with Gasteiger partial charge in [-0.25, -0.2) is 13.2 Å². The Morgan fingerprint density at radius 2 is 1.71 bits per heavy atom. The Labute approximate surface area is 201 Å².